The van der Waals surface area contributed by atoms with Crippen molar-refractivity contribution in [3.63, 3.8) is 0 Å². The first kappa shape index (κ1) is 23.2. The van der Waals surface area contributed by atoms with Crippen molar-refractivity contribution in [2.75, 3.05) is 0 Å². The SMILES string of the molecule is c1ccc(-c2ccc(-c3cc(-c4ccc5sc(-c6ccccc6)nc5c4)nc(-c4ccccc4)n3)cc2)cc1. The maximum Gasteiger partial charge on any atom is 0.160 e. The van der Waals surface area contributed by atoms with Crippen LogP contribution in [0.25, 0.3) is 65.8 Å². The smallest absolute Gasteiger partial charge is 0.160 e. The van der Waals surface area contributed by atoms with Gasteiger partial charge in [-0.15, -0.1) is 11.3 Å². The highest BCUT2D eigenvalue weighted by atomic mass is 32.1. The Labute approximate surface area is 231 Å². The molecule has 0 N–H and O–H groups in total. The Hall–Kier alpha value is -4.93. The summed E-state index contributed by atoms with van der Waals surface area (Å²) in [4.78, 5) is 14.9. The topological polar surface area (TPSA) is 38.7 Å². The summed E-state index contributed by atoms with van der Waals surface area (Å²) < 4.78 is 1.16. The van der Waals surface area contributed by atoms with E-state index in [1.54, 1.807) is 11.3 Å². The summed E-state index contributed by atoms with van der Waals surface area (Å²) >= 11 is 1.71. The van der Waals surface area contributed by atoms with E-state index in [0.717, 1.165) is 48.9 Å². The van der Waals surface area contributed by atoms with Crippen LogP contribution in [-0.2, 0) is 0 Å². The molecular weight excluding hydrogens is 494 g/mol. The molecule has 0 saturated carbocycles. The molecular formula is C35H23N3S. The first-order valence-corrected chi connectivity index (χ1v) is 13.7. The first-order chi connectivity index (χ1) is 19.3. The van der Waals surface area contributed by atoms with Crippen molar-refractivity contribution in [2.24, 2.45) is 0 Å². The molecule has 184 valence electrons. The normalized spacial score (nSPS) is 11.1. The number of aromatic nitrogens is 3. The van der Waals surface area contributed by atoms with Crippen LogP contribution < -0.4 is 0 Å². The summed E-state index contributed by atoms with van der Waals surface area (Å²) in [5.41, 5.74) is 9.32. The second-order valence-corrected chi connectivity index (χ2v) is 10.4. The molecule has 0 amide bonds. The van der Waals surface area contributed by atoms with E-state index in [1.165, 1.54) is 11.1 Å². The predicted molar refractivity (Wildman–Crippen MR) is 162 cm³/mol. The van der Waals surface area contributed by atoms with Crippen molar-refractivity contribution < 1.29 is 0 Å². The van der Waals surface area contributed by atoms with Gasteiger partial charge in [0.2, 0.25) is 0 Å². The monoisotopic (exact) mass is 517 g/mol. The lowest BCUT2D eigenvalue weighted by Crippen LogP contribution is -1.96. The quantitative estimate of drug-likeness (QED) is 0.228. The van der Waals surface area contributed by atoms with Crippen molar-refractivity contribution in [1.82, 2.24) is 15.0 Å². The molecule has 0 unspecified atom stereocenters. The van der Waals surface area contributed by atoms with Crippen LogP contribution in [0.5, 0.6) is 0 Å². The fourth-order valence-corrected chi connectivity index (χ4v) is 5.67. The van der Waals surface area contributed by atoms with Gasteiger partial charge < -0.3 is 0 Å². The summed E-state index contributed by atoms with van der Waals surface area (Å²) in [6.07, 6.45) is 0. The van der Waals surface area contributed by atoms with E-state index in [0.29, 0.717) is 5.82 Å². The molecule has 4 heteroatoms. The lowest BCUT2D eigenvalue weighted by molar-refractivity contribution is 1.18. The molecule has 0 atom stereocenters. The summed E-state index contributed by atoms with van der Waals surface area (Å²) in [5, 5.41) is 1.02. The lowest BCUT2D eigenvalue weighted by Gasteiger charge is -2.10. The molecule has 3 nitrogen and oxygen atoms in total. The van der Waals surface area contributed by atoms with Crippen LogP contribution in [0.2, 0.25) is 0 Å². The minimum atomic E-state index is 0.707. The summed E-state index contributed by atoms with van der Waals surface area (Å²) in [6, 6.07) is 48.0. The summed E-state index contributed by atoms with van der Waals surface area (Å²) in [5.74, 6) is 0.707. The van der Waals surface area contributed by atoms with Crippen molar-refractivity contribution in [3.05, 3.63) is 140 Å². The molecule has 0 saturated heterocycles. The molecule has 0 aliphatic heterocycles. The van der Waals surface area contributed by atoms with E-state index < -0.39 is 0 Å². The number of hydrogen-bond acceptors (Lipinski definition) is 4. The minimum absolute atomic E-state index is 0.707. The number of benzene rings is 5. The number of hydrogen-bond donors (Lipinski definition) is 0. The second kappa shape index (κ2) is 10.1. The van der Waals surface area contributed by atoms with Gasteiger partial charge in [0.05, 0.1) is 21.6 Å². The van der Waals surface area contributed by atoms with E-state index in [-0.39, 0.29) is 0 Å². The Balaban J connectivity index is 1.32. The zero-order valence-corrected chi connectivity index (χ0v) is 21.8. The van der Waals surface area contributed by atoms with Crippen molar-refractivity contribution >= 4 is 21.6 Å². The van der Waals surface area contributed by atoms with Gasteiger partial charge >= 0.3 is 0 Å². The minimum Gasteiger partial charge on any atom is -0.236 e. The van der Waals surface area contributed by atoms with Crippen molar-refractivity contribution in [3.8, 4) is 55.6 Å². The standard InChI is InChI=1S/C35H23N3S/c1-4-10-24(11-5-1)25-16-18-26(19-17-25)30-23-31(37-34(36-30)27-12-6-2-7-13-27)29-20-21-33-32(22-29)38-35(39-33)28-14-8-3-9-15-28/h1-23H. The second-order valence-electron chi connectivity index (χ2n) is 9.34. The maximum absolute atomic E-state index is 5.00. The zero-order valence-electron chi connectivity index (χ0n) is 21.0. The van der Waals surface area contributed by atoms with Gasteiger partial charge in [0.15, 0.2) is 5.82 Å². The Morgan fingerprint density at radius 2 is 0.897 bits per heavy atom. The Morgan fingerprint density at radius 1 is 0.385 bits per heavy atom. The molecule has 0 aliphatic carbocycles. The molecule has 0 aliphatic rings. The van der Waals surface area contributed by atoms with Crippen LogP contribution in [0.15, 0.2) is 140 Å². The highest BCUT2D eigenvalue weighted by molar-refractivity contribution is 7.21. The van der Waals surface area contributed by atoms with Crippen molar-refractivity contribution in [1.29, 1.82) is 0 Å². The fraction of sp³-hybridized carbons (Fsp3) is 0. The van der Waals surface area contributed by atoms with Crippen molar-refractivity contribution in [2.45, 2.75) is 0 Å². The number of thiazole rings is 1. The fourth-order valence-electron chi connectivity index (χ4n) is 4.71. The van der Waals surface area contributed by atoms with E-state index in [1.807, 2.05) is 42.5 Å². The van der Waals surface area contributed by atoms with Crippen LogP contribution >= 0.6 is 11.3 Å². The van der Waals surface area contributed by atoms with E-state index in [2.05, 4.69) is 97.1 Å². The van der Waals surface area contributed by atoms with Crippen LogP contribution in [0.3, 0.4) is 0 Å². The van der Waals surface area contributed by atoms with E-state index >= 15 is 0 Å². The van der Waals surface area contributed by atoms with Crippen LogP contribution in [0.1, 0.15) is 0 Å². The van der Waals surface area contributed by atoms with Crippen LogP contribution in [0.4, 0.5) is 0 Å². The third-order valence-electron chi connectivity index (χ3n) is 6.75. The third kappa shape index (κ3) is 4.74. The van der Waals surface area contributed by atoms with E-state index in [4.69, 9.17) is 15.0 Å². The molecule has 2 heterocycles. The van der Waals surface area contributed by atoms with Gasteiger partial charge in [0.1, 0.15) is 5.01 Å². The molecule has 39 heavy (non-hydrogen) atoms. The Kier molecular flexibility index (Phi) is 6.00. The molecule has 7 aromatic rings. The molecule has 5 aromatic carbocycles. The number of rotatable bonds is 5. The van der Waals surface area contributed by atoms with Crippen LogP contribution in [-0.4, -0.2) is 15.0 Å². The average molecular weight is 518 g/mol. The van der Waals surface area contributed by atoms with Gasteiger partial charge in [0.25, 0.3) is 0 Å². The van der Waals surface area contributed by atoms with Gasteiger partial charge in [-0.2, -0.15) is 0 Å². The Bertz CT molecular complexity index is 1880. The first-order valence-electron chi connectivity index (χ1n) is 12.9. The molecule has 0 bridgehead atoms. The largest absolute Gasteiger partial charge is 0.236 e. The molecule has 0 spiro atoms. The highest BCUT2D eigenvalue weighted by Gasteiger charge is 2.13. The Morgan fingerprint density at radius 3 is 1.56 bits per heavy atom. The molecule has 0 radical (unpaired) electrons. The predicted octanol–water partition coefficient (Wildman–Crippen LogP) is 9.42. The number of fused-ring (bicyclic) bond motifs is 1. The van der Waals surface area contributed by atoms with Gasteiger partial charge in [-0.1, -0.05) is 121 Å². The van der Waals surface area contributed by atoms with Crippen LogP contribution in [0, 0.1) is 0 Å². The highest BCUT2D eigenvalue weighted by Crippen LogP contribution is 2.34. The molecule has 7 rings (SSSR count). The van der Waals surface area contributed by atoms with Gasteiger partial charge in [0, 0.05) is 22.3 Å². The van der Waals surface area contributed by atoms with Gasteiger partial charge in [-0.05, 0) is 29.3 Å². The summed E-state index contributed by atoms with van der Waals surface area (Å²) in [6.45, 7) is 0. The lowest BCUT2D eigenvalue weighted by atomic mass is 10.0. The number of nitrogens with zero attached hydrogens (tertiary/aromatic N) is 3. The van der Waals surface area contributed by atoms with Gasteiger partial charge in [-0.25, -0.2) is 15.0 Å². The van der Waals surface area contributed by atoms with Gasteiger partial charge in [-0.3, -0.25) is 0 Å². The zero-order chi connectivity index (χ0) is 26.0. The van der Waals surface area contributed by atoms with E-state index in [9.17, 15) is 0 Å². The molecule has 2 aromatic heterocycles. The average Bonchev–Trinajstić information content (AvgIpc) is 3.46. The summed E-state index contributed by atoms with van der Waals surface area (Å²) in [7, 11) is 0. The maximum atomic E-state index is 5.00. The third-order valence-corrected chi connectivity index (χ3v) is 7.84. The molecule has 0 fully saturated rings.